The van der Waals surface area contributed by atoms with Crippen LogP contribution in [0.4, 0.5) is 13.2 Å². The van der Waals surface area contributed by atoms with Gasteiger partial charge in [0, 0.05) is 0 Å². The fraction of sp³-hybridized carbons (Fsp3) is 0.222. The van der Waals surface area contributed by atoms with E-state index in [1.54, 1.807) is 6.07 Å². The van der Waals surface area contributed by atoms with Crippen molar-refractivity contribution in [3.63, 3.8) is 0 Å². The molecule has 0 aliphatic heterocycles. The van der Waals surface area contributed by atoms with Crippen LogP contribution in [-0.2, 0) is 0 Å². The average molecular weight is 200 g/mol. The summed E-state index contributed by atoms with van der Waals surface area (Å²) in [6.07, 6.45) is -4.48. The topological polar surface area (TPSA) is 49.8 Å². The lowest BCUT2D eigenvalue weighted by Crippen LogP contribution is -2.28. The molecule has 1 aromatic rings. The lowest BCUT2D eigenvalue weighted by atomic mass is 10.0. The van der Waals surface area contributed by atoms with Gasteiger partial charge in [0.1, 0.15) is 6.04 Å². The molecule has 0 radical (unpaired) electrons. The summed E-state index contributed by atoms with van der Waals surface area (Å²) in [6.45, 7) is 0. The maximum atomic E-state index is 12.2. The van der Waals surface area contributed by atoms with Gasteiger partial charge in [-0.15, -0.1) is 0 Å². The SMILES string of the molecule is N#Cc1cccc([C@@H](N)C(F)(F)F)c1. The summed E-state index contributed by atoms with van der Waals surface area (Å²) < 4.78 is 36.5. The third-order valence-electron chi connectivity index (χ3n) is 1.73. The summed E-state index contributed by atoms with van der Waals surface area (Å²) in [5.41, 5.74) is 5.03. The molecule has 0 spiro atoms. The van der Waals surface area contributed by atoms with Crippen LogP contribution in [-0.4, -0.2) is 6.18 Å². The molecule has 74 valence electrons. The van der Waals surface area contributed by atoms with Crippen LogP contribution in [0.5, 0.6) is 0 Å². The van der Waals surface area contributed by atoms with Crippen molar-refractivity contribution in [1.29, 1.82) is 5.26 Å². The van der Waals surface area contributed by atoms with Gasteiger partial charge in [0.15, 0.2) is 0 Å². The molecule has 0 fully saturated rings. The fourth-order valence-corrected chi connectivity index (χ4v) is 0.991. The van der Waals surface area contributed by atoms with Crippen molar-refractivity contribution in [1.82, 2.24) is 0 Å². The smallest absolute Gasteiger partial charge is 0.316 e. The van der Waals surface area contributed by atoms with Crippen LogP contribution in [0.25, 0.3) is 0 Å². The Kier molecular flexibility index (Phi) is 2.77. The van der Waals surface area contributed by atoms with E-state index in [4.69, 9.17) is 11.0 Å². The van der Waals surface area contributed by atoms with Crippen LogP contribution in [0.15, 0.2) is 24.3 Å². The second-order valence-corrected chi connectivity index (χ2v) is 2.76. The number of hydrogen-bond donors (Lipinski definition) is 1. The third kappa shape index (κ3) is 2.24. The zero-order valence-electron chi connectivity index (χ0n) is 7.05. The zero-order chi connectivity index (χ0) is 10.8. The number of alkyl halides is 3. The quantitative estimate of drug-likeness (QED) is 0.754. The number of halogens is 3. The zero-order valence-corrected chi connectivity index (χ0v) is 7.05. The third-order valence-corrected chi connectivity index (χ3v) is 1.73. The minimum absolute atomic E-state index is 0.100. The molecule has 0 aliphatic rings. The summed E-state index contributed by atoms with van der Waals surface area (Å²) in [5, 5.41) is 8.47. The average Bonchev–Trinajstić information content (AvgIpc) is 2.15. The molecule has 0 aromatic heterocycles. The highest BCUT2D eigenvalue weighted by atomic mass is 19.4. The fourth-order valence-electron chi connectivity index (χ4n) is 0.991. The Morgan fingerprint density at radius 1 is 1.36 bits per heavy atom. The molecule has 0 heterocycles. The number of hydrogen-bond acceptors (Lipinski definition) is 2. The predicted molar refractivity (Wildman–Crippen MR) is 44.1 cm³/mol. The Morgan fingerprint density at radius 2 is 2.00 bits per heavy atom. The first kappa shape index (κ1) is 10.5. The van der Waals surface area contributed by atoms with E-state index in [2.05, 4.69) is 0 Å². The standard InChI is InChI=1S/C9H7F3N2/c10-9(11,12)8(14)7-3-1-2-6(4-7)5-13/h1-4,8H,14H2/t8-/m1/s1. The highest BCUT2D eigenvalue weighted by Crippen LogP contribution is 2.30. The van der Waals surface area contributed by atoms with Crippen molar-refractivity contribution in [2.75, 3.05) is 0 Å². The van der Waals surface area contributed by atoms with E-state index >= 15 is 0 Å². The van der Waals surface area contributed by atoms with Gasteiger partial charge in [0.2, 0.25) is 0 Å². The molecule has 1 rings (SSSR count). The molecule has 5 heteroatoms. The maximum absolute atomic E-state index is 12.2. The second kappa shape index (κ2) is 3.68. The van der Waals surface area contributed by atoms with Crippen molar-refractivity contribution >= 4 is 0 Å². The van der Waals surface area contributed by atoms with Gasteiger partial charge in [-0.05, 0) is 17.7 Å². The van der Waals surface area contributed by atoms with E-state index < -0.39 is 12.2 Å². The van der Waals surface area contributed by atoms with Gasteiger partial charge in [-0.2, -0.15) is 18.4 Å². The van der Waals surface area contributed by atoms with Crippen LogP contribution in [0, 0.1) is 11.3 Å². The Labute approximate surface area is 78.8 Å². The first-order valence-corrected chi connectivity index (χ1v) is 3.77. The van der Waals surface area contributed by atoms with Crippen LogP contribution >= 0.6 is 0 Å². The lowest BCUT2D eigenvalue weighted by molar-refractivity contribution is -0.149. The molecule has 0 unspecified atom stereocenters. The molecule has 1 aromatic carbocycles. The second-order valence-electron chi connectivity index (χ2n) is 2.76. The number of nitrogens with two attached hydrogens (primary N) is 1. The van der Waals surface area contributed by atoms with E-state index in [1.807, 2.05) is 0 Å². The highest BCUT2D eigenvalue weighted by Gasteiger charge is 2.37. The Bertz CT molecular complexity index is 365. The molecule has 0 bridgehead atoms. The van der Waals surface area contributed by atoms with Gasteiger partial charge < -0.3 is 5.73 Å². The van der Waals surface area contributed by atoms with Gasteiger partial charge in [0.25, 0.3) is 0 Å². The number of rotatable bonds is 1. The number of nitrogens with zero attached hydrogens (tertiary/aromatic N) is 1. The highest BCUT2D eigenvalue weighted by molar-refractivity contribution is 5.34. The van der Waals surface area contributed by atoms with Crippen LogP contribution in [0.3, 0.4) is 0 Å². The molecule has 2 N–H and O–H groups in total. The van der Waals surface area contributed by atoms with E-state index in [0.717, 1.165) is 6.07 Å². The van der Waals surface area contributed by atoms with Crippen molar-refractivity contribution in [3.05, 3.63) is 35.4 Å². The molecule has 14 heavy (non-hydrogen) atoms. The van der Waals surface area contributed by atoms with Gasteiger partial charge in [-0.1, -0.05) is 12.1 Å². The Morgan fingerprint density at radius 3 is 2.50 bits per heavy atom. The summed E-state index contributed by atoms with van der Waals surface area (Å²) in [7, 11) is 0. The summed E-state index contributed by atoms with van der Waals surface area (Å²) in [5.74, 6) is 0. The predicted octanol–water partition coefficient (Wildman–Crippen LogP) is 2.12. The van der Waals surface area contributed by atoms with Gasteiger partial charge in [-0.3, -0.25) is 0 Å². The monoisotopic (exact) mass is 200 g/mol. The molecular weight excluding hydrogens is 193 g/mol. The summed E-state index contributed by atoms with van der Waals surface area (Å²) >= 11 is 0. The molecule has 2 nitrogen and oxygen atoms in total. The molecule has 0 saturated heterocycles. The summed E-state index contributed by atoms with van der Waals surface area (Å²) in [6, 6.07) is 4.90. The van der Waals surface area contributed by atoms with Crippen molar-refractivity contribution < 1.29 is 13.2 Å². The lowest BCUT2D eigenvalue weighted by Gasteiger charge is -2.15. The molecule has 0 aliphatic carbocycles. The van der Waals surface area contributed by atoms with Gasteiger partial charge in [-0.25, -0.2) is 0 Å². The molecule has 0 amide bonds. The minimum atomic E-state index is -4.48. The number of nitriles is 1. The Balaban J connectivity index is 3.03. The van der Waals surface area contributed by atoms with E-state index in [9.17, 15) is 13.2 Å². The molecule has 0 saturated carbocycles. The molecule has 1 atom stereocenters. The van der Waals surface area contributed by atoms with Gasteiger partial charge in [0.05, 0.1) is 11.6 Å². The van der Waals surface area contributed by atoms with E-state index in [1.165, 1.54) is 18.2 Å². The van der Waals surface area contributed by atoms with Gasteiger partial charge >= 0.3 is 6.18 Å². The normalized spacial score (nSPS) is 13.4. The number of benzene rings is 1. The van der Waals surface area contributed by atoms with Crippen LogP contribution in [0.2, 0.25) is 0 Å². The van der Waals surface area contributed by atoms with Crippen molar-refractivity contribution in [3.8, 4) is 6.07 Å². The van der Waals surface area contributed by atoms with Crippen LogP contribution < -0.4 is 5.73 Å². The first-order chi connectivity index (χ1) is 6.45. The van der Waals surface area contributed by atoms with Crippen molar-refractivity contribution in [2.45, 2.75) is 12.2 Å². The first-order valence-electron chi connectivity index (χ1n) is 3.77. The molecular formula is C9H7F3N2. The minimum Gasteiger partial charge on any atom is -0.316 e. The van der Waals surface area contributed by atoms with E-state index in [-0.39, 0.29) is 11.1 Å². The van der Waals surface area contributed by atoms with Crippen LogP contribution in [0.1, 0.15) is 17.2 Å². The largest absolute Gasteiger partial charge is 0.407 e. The summed E-state index contributed by atoms with van der Waals surface area (Å²) in [4.78, 5) is 0. The van der Waals surface area contributed by atoms with E-state index in [0.29, 0.717) is 0 Å². The Hall–Kier alpha value is -1.54. The van der Waals surface area contributed by atoms with Crippen molar-refractivity contribution in [2.24, 2.45) is 5.73 Å². The maximum Gasteiger partial charge on any atom is 0.407 e.